The average molecular weight is 343 g/mol. The molecule has 0 radical (unpaired) electrons. The van der Waals surface area contributed by atoms with E-state index >= 15 is 0 Å². The van der Waals surface area contributed by atoms with Gasteiger partial charge in [0.2, 0.25) is 0 Å². The number of piperidine rings is 1. The van der Waals surface area contributed by atoms with Crippen molar-refractivity contribution in [2.24, 2.45) is 11.8 Å². The number of likely N-dealkylation sites (tertiary alicyclic amines) is 1. The van der Waals surface area contributed by atoms with Gasteiger partial charge >= 0.3 is 12.1 Å². The first-order valence-electron chi connectivity index (χ1n) is 8.24. The number of esters is 1. The fourth-order valence-corrected chi connectivity index (χ4v) is 3.19. The Kier molecular flexibility index (Phi) is 5.91. The van der Waals surface area contributed by atoms with Gasteiger partial charge in [-0.05, 0) is 44.1 Å². The molecule has 0 aliphatic carbocycles. The van der Waals surface area contributed by atoms with Gasteiger partial charge in [0.25, 0.3) is 0 Å². The minimum absolute atomic E-state index is 0.0407. The molecule has 0 aromatic heterocycles. The standard InChI is InChI=1S/C18H24F3NO2/c1-12(2)17(23)24-11-14-5-4-10-22(3)16(14)13-6-8-15(9-7-13)18(19,20)21/h6-9,12,14,16H,4-5,10-11H2,1-3H3/t14-,16+/m1/s1. The summed E-state index contributed by atoms with van der Waals surface area (Å²) < 4.78 is 43.6. The molecular formula is C18H24F3NO2. The third-order valence-corrected chi connectivity index (χ3v) is 4.50. The molecule has 6 heteroatoms. The molecule has 134 valence electrons. The molecule has 1 aliphatic heterocycles. The van der Waals surface area contributed by atoms with Crippen molar-refractivity contribution in [2.45, 2.75) is 38.9 Å². The smallest absolute Gasteiger partial charge is 0.416 e. The molecule has 1 aliphatic rings. The van der Waals surface area contributed by atoms with Crippen LogP contribution in [0.25, 0.3) is 0 Å². The molecule has 0 amide bonds. The van der Waals surface area contributed by atoms with E-state index in [4.69, 9.17) is 4.74 Å². The zero-order chi connectivity index (χ0) is 17.9. The van der Waals surface area contributed by atoms with E-state index in [9.17, 15) is 18.0 Å². The van der Waals surface area contributed by atoms with E-state index in [2.05, 4.69) is 4.90 Å². The van der Waals surface area contributed by atoms with E-state index in [-0.39, 0.29) is 23.8 Å². The van der Waals surface area contributed by atoms with Crippen molar-refractivity contribution in [2.75, 3.05) is 20.2 Å². The highest BCUT2D eigenvalue weighted by Gasteiger charge is 2.34. The van der Waals surface area contributed by atoms with Crippen molar-refractivity contribution < 1.29 is 22.7 Å². The van der Waals surface area contributed by atoms with Crippen LogP contribution >= 0.6 is 0 Å². The summed E-state index contributed by atoms with van der Waals surface area (Å²) in [6.07, 6.45) is -2.46. The number of halogens is 3. The van der Waals surface area contributed by atoms with Crippen molar-refractivity contribution >= 4 is 5.97 Å². The van der Waals surface area contributed by atoms with Gasteiger partial charge < -0.3 is 4.74 Å². The minimum Gasteiger partial charge on any atom is -0.465 e. The van der Waals surface area contributed by atoms with Crippen LogP contribution in [-0.4, -0.2) is 31.1 Å². The predicted molar refractivity (Wildman–Crippen MR) is 85.3 cm³/mol. The van der Waals surface area contributed by atoms with Crippen LogP contribution in [0.1, 0.15) is 43.9 Å². The van der Waals surface area contributed by atoms with Crippen LogP contribution in [0.5, 0.6) is 0 Å². The van der Waals surface area contributed by atoms with E-state index in [0.29, 0.717) is 6.61 Å². The minimum atomic E-state index is -4.33. The Labute approximate surface area is 140 Å². The Bertz CT molecular complexity index is 554. The molecule has 0 N–H and O–H groups in total. The Morgan fingerprint density at radius 1 is 1.29 bits per heavy atom. The number of hydrogen-bond donors (Lipinski definition) is 0. The van der Waals surface area contributed by atoms with Gasteiger partial charge in [-0.15, -0.1) is 0 Å². The molecule has 0 spiro atoms. The second kappa shape index (κ2) is 7.55. The van der Waals surface area contributed by atoms with Gasteiger partial charge in [-0.1, -0.05) is 26.0 Å². The average Bonchev–Trinajstić information content (AvgIpc) is 2.51. The highest BCUT2D eigenvalue weighted by molar-refractivity contribution is 5.71. The first-order valence-corrected chi connectivity index (χ1v) is 8.24. The second-order valence-electron chi connectivity index (χ2n) is 6.73. The third-order valence-electron chi connectivity index (χ3n) is 4.50. The summed E-state index contributed by atoms with van der Waals surface area (Å²) in [7, 11) is 1.96. The molecule has 1 aromatic carbocycles. The van der Waals surface area contributed by atoms with Crippen molar-refractivity contribution in [1.82, 2.24) is 4.90 Å². The lowest BCUT2D eigenvalue weighted by molar-refractivity contribution is -0.150. The summed E-state index contributed by atoms with van der Waals surface area (Å²) in [6.45, 7) is 4.73. The third kappa shape index (κ3) is 4.50. The Balaban J connectivity index is 2.15. The maximum absolute atomic E-state index is 12.7. The normalized spacial score (nSPS) is 22.6. The predicted octanol–water partition coefficient (Wildman–Crippen LogP) is 4.29. The molecular weight excluding hydrogens is 319 g/mol. The van der Waals surface area contributed by atoms with Crippen LogP contribution in [0, 0.1) is 11.8 Å². The van der Waals surface area contributed by atoms with E-state index in [1.165, 1.54) is 12.1 Å². The maximum atomic E-state index is 12.7. The Hall–Kier alpha value is -1.56. The van der Waals surface area contributed by atoms with Crippen LogP contribution in [0.2, 0.25) is 0 Å². The molecule has 1 aromatic rings. The fraction of sp³-hybridized carbons (Fsp3) is 0.611. The van der Waals surface area contributed by atoms with E-state index in [1.807, 2.05) is 7.05 Å². The summed E-state index contributed by atoms with van der Waals surface area (Å²) >= 11 is 0. The van der Waals surface area contributed by atoms with Gasteiger partial charge in [-0.2, -0.15) is 13.2 Å². The lowest BCUT2D eigenvalue weighted by Crippen LogP contribution is -2.38. The van der Waals surface area contributed by atoms with Crippen molar-refractivity contribution in [3.05, 3.63) is 35.4 Å². The lowest BCUT2D eigenvalue weighted by Gasteiger charge is -2.39. The summed E-state index contributed by atoms with van der Waals surface area (Å²) in [6, 6.07) is 5.27. The highest BCUT2D eigenvalue weighted by atomic mass is 19.4. The largest absolute Gasteiger partial charge is 0.465 e. The maximum Gasteiger partial charge on any atom is 0.416 e. The zero-order valence-electron chi connectivity index (χ0n) is 14.3. The molecule has 1 heterocycles. The monoisotopic (exact) mass is 343 g/mol. The number of benzene rings is 1. The Morgan fingerprint density at radius 2 is 1.92 bits per heavy atom. The topological polar surface area (TPSA) is 29.5 Å². The van der Waals surface area contributed by atoms with Crippen molar-refractivity contribution in [3.63, 3.8) is 0 Å². The van der Waals surface area contributed by atoms with Gasteiger partial charge in [0.15, 0.2) is 0 Å². The SMILES string of the molecule is CC(C)C(=O)OC[C@H]1CCCN(C)[C@H]1c1ccc(C(F)(F)F)cc1. The molecule has 3 nitrogen and oxygen atoms in total. The summed E-state index contributed by atoms with van der Waals surface area (Å²) in [5, 5.41) is 0. The van der Waals surface area contributed by atoms with E-state index in [0.717, 1.165) is 37.1 Å². The van der Waals surface area contributed by atoms with Crippen molar-refractivity contribution in [3.8, 4) is 0 Å². The number of carbonyl (C=O) groups is 1. The molecule has 1 fully saturated rings. The summed E-state index contributed by atoms with van der Waals surface area (Å²) in [4.78, 5) is 13.8. The van der Waals surface area contributed by atoms with Crippen molar-refractivity contribution in [1.29, 1.82) is 0 Å². The quantitative estimate of drug-likeness (QED) is 0.764. The first kappa shape index (κ1) is 18.8. The highest BCUT2D eigenvalue weighted by Crippen LogP contribution is 2.37. The molecule has 24 heavy (non-hydrogen) atoms. The molecule has 0 saturated carbocycles. The van der Waals surface area contributed by atoms with Crippen LogP contribution < -0.4 is 0 Å². The Morgan fingerprint density at radius 3 is 2.46 bits per heavy atom. The number of ether oxygens (including phenoxy) is 1. The molecule has 2 atom stereocenters. The van der Waals surface area contributed by atoms with Crippen LogP contribution in [0.15, 0.2) is 24.3 Å². The number of rotatable bonds is 4. The lowest BCUT2D eigenvalue weighted by atomic mass is 9.85. The second-order valence-corrected chi connectivity index (χ2v) is 6.73. The van der Waals surface area contributed by atoms with Gasteiger partial charge in [-0.3, -0.25) is 9.69 Å². The van der Waals surface area contributed by atoms with Gasteiger partial charge in [0.05, 0.1) is 18.1 Å². The van der Waals surface area contributed by atoms with E-state index in [1.54, 1.807) is 13.8 Å². The first-order chi connectivity index (χ1) is 11.2. The molecule has 0 unspecified atom stereocenters. The van der Waals surface area contributed by atoms with Gasteiger partial charge in [0, 0.05) is 12.0 Å². The number of nitrogens with zero attached hydrogens (tertiary/aromatic N) is 1. The fourth-order valence-electron chi connectivity index (χ4n) is 3.19. The zero-order valence-corrected chi connectivity index (χ0v) is 14.3. The van der Waals surface area contributed by atoms with Crippen LogP contribution in [0.4, 0.5) is 13.2 Å². The van der Waals surface area contributed by atoms with E-state index < -0.39 is 11.7 Å². The number of hydrogen-bond acceptors (Lipinski definition) is 3. The summed E-state index contributed by atoms with van der Waals surface area (Å²) in [5.41, 5.74) is 0.184. The molecule has 1 saturated heterocycles. The van der Waals surface area contributed by atoms with Crippen LogP contribution in [-0.2, 0) is 15.7 Å². The molecule has 0 bridgehead atoms. The van der Waals surface area contributed by atoms with Gasteiger partial charge in [-0.25, -0.2) is 0 Å². The van der Waals surface area contributed by atoms with Gasteiger partial charge in [0.1, 0.15) is 0 Å². The van der Waals surface area contributed by atoms with Crippen LogP contribution in [0.3, 0.4) is 0 Å². The number of carbonyl (C=O) groups excluding carboxylic acids is 1. The molecule has 2 rings (SSSR count). The summed E-state index contributed by atoms with van der Waals surface area (Å²) in [5.74, 6) is -0.339. The number of alkyl halides is 3.